The lowest BCUT2D eigenvalue weighted by molar-refractivity contribution is -0.159. The molecule has 1 aromatic rings. The van der Waals surface area contributed by atoms with E-state index in [1.54, 1.807) is 6.07 Å². The molecule has 3 heterocycles. The number of hydrazine groups is 1. The van der Waals surface area contributed by atoms with Crippen molar-refractivity contribution in [3.63, 3.8) is 0 Å². The molecule has 1 saturated carbocycles. The summed E-state index contributed by atoms with van der Waals surface area (Å²) in [5, 5.41) is 14.6. The summed E-state index contributed by atoms with van der Waals surface area (Å²) in [6, 6.07) is 1.33. The summed E-state index contributed by atoms with van der Waals surface area (Å²) in [5.74, 6) is 0.321. The summed E-state index contributed by atoms with van der Waals surface area (Å²) >= 11 is 0. The van der Waals surface area contributed by atoms with Gasteiger partial charge >= 0.3 is 0 Å². The minimum Gasteiger partial charge on any atom is -0.351 e. The molecule has 1 aromatic heterocycles. The van der Waals surface area contributed by atoms with Gasteiger partial charge in [0.05, 0.1) is 12.5 Å². The molecule has 0 aromatic carbocycles. The standard InChI is InChI=1S/C24H38N8O4/c1-17-13-29(2)9-10-31(17)22-12-21(25-15-26-22)28-23(34)20-7-8-27-32(20)24(35)19(14-30(36)16-33)11-18-5-3-4-6-18/h12,15-20,27,36H,3-11,13-14H2,1-2H3,(H,25,26,28,34)/t17-,19?,20+/m1/s1. The number of anilines is 2. The van der Waals surface area contributed by atoms with Crippen molar-refractivity contribution in [1.29, 1.82) is 0 Å². The van der Waals surface area contributed by atoms with Gasteiger partial charge in [0.15, 0.2) is 0 Å². The maximum atomic E-state index is 13.5. The topological polar surface area (TPSA) is 134 Å². The van der Waals surface area contributed by atoms with Crippen LogP contribution in [0.1, 0.15) is 45.4 Å². The number of nitrogens with one attached hydrogen (secondary N) is 2. The van der Waals surface area contributed by atoms with Gasteiger partial charge in [0.1, 0.15) is 24.0 Å². The van der Waals surface area contributed by atoms with E-state index in [1.807, 2.05) is 0 Å². The van der Waals surface area contributed by atoms with Crippen molar-refractivity contribution in [2.24, 2.45) is 11.8 Å². The number of piperazine rings is 1. The second-order valence-corrected chi connectivity index (χ2v) is 10.3. The molecule has 1 unspecified atom stereocenters. The second-order valence-electron chi connectivity index (χ2n) is 10.3. The molecule has 12 nitrogen and oxygen atoms in total. The molecule has 36 heavy (non-hydrogen) atoms. The van der Waals surface area contributed by atoms with Crippen molar-refractivity contribution in [2.75, 3.05) is 50.0 Å². The van der Waals surface area contributed by atoms with Gasteiger partial charge in [-0.25, -0.2) is 20.5 Å². The number of aromatic nitrogens is 2. The number of hydroxylamine groups is 2. The predicted octanol–water partition coefficient (Wildman–Crippen LogP) is 0.705. The van der Waals surface area contributed by atoms with Gasteiger partial charge in [0.2, 0.25) is 18.2 Å². The average Bonchev–Trinajstić information content (AvgIpc) is 3.55. The highest BCUT2D eigenvalue weighted by Gasteiger charge is 2.39. The first-order valence-electron chi connectivity index (χ1n) is 12.9. The number of amides is 3. The van der Waals surface area contributed by atoms with Crippen LogP contribution in [-0.4, -0.2) is 100 Å². The highest BCUT2D eigenvalue weighted by atomic mass is 16.5. The molecule has 2 aliphatic heterocycles. The van der Waals surface area contributed by atoms with Crippen LogP contribution in [0.3, 0.4) is 0 Å². The van der Waals surface area contributed by atoms with Crippen LogP contribution in [0.15, 0.2) is 12.4 Å². The van der Waals surface area contributed by atoms with Crippen LogP contribution in [0.4, 0.5) is 11.6 Å². The van der Waals surface area contributed by atoms with Crippen molar-refractivity contribution >= 4 is 29.9 Å². The van der Waals surface area contributed by atoms with Gasteiger partial charge in [-0.3, -0.25) is 24.6 Å². The molecule has 198 valence electrons. The molecule has 12 heteroatoms. The molecule has 3 atom stereocenters. The molecule has 3 N–H and O–H groups in total. The van der Waals surface area contributed by atoms with Crippen molar-refractivity contribution in [3.05, 3.63) is 12.4 Å². The lowest BCUT2D eigenvalue weighted by Gasteiger charge is -2.39. The van der Waals surface area contributed by atoms with Crippen LogP contribution in [0.5, 0.6) is 0 Å². The number of nitrogens with zero attached hydrogens (tertiary/aromatic N) is 6. The van der Waals surface area contributed by atoms with Crippen LogP contribution in [-0.2, 0) is 14.4 Å². The first kappa shape index (κ1) is 26.2. The van der Waals surface area contributed by atoms with Crippen LogP contribution < -0.4 is 15.6 Å². The summed E-state index contributed by atoms with van der Waals surface area (Å²) < 4.78 is 0. The zero-order valence-corrected chi connectivity index (χ0v) is 21.2. The molecule has 3 aliphatic rings. The van der Waals surface area contributed by atoms with Gasteiger partial charge in [-0.1, -0.05) is 25.7 Å². The third-order valence-electron chi connectivity index (χ3n) is 7.55. The van der Waals surface area contributed by atoms with Crippen molar-refractivity contribution in [1.82, 2.24) is 30.4 Å². The van der Waals surface area contributed by atoms with E-state index < -0.39 is 12.0 Å². The van der Waals surface area contributed by atoms with Crippen molar-refractivity contribution in [2.45, 2.75) is 57.5 Å². The van der Waals surface area contributed by atoms with E-state index in [9.17, 15) is 19.6 Å². The summed E-state index contributed by atoms with van der Waals surface area (Å²) in [4.78, 5) is 50.8. The number of hydrogen-bond donors (Lipinski definition) is 3. The molecule has 1 aliphatic carbocycles. The molecule has 3 amide bonds. The number of hydrogen-bond acceptors (Lipinski definition) is 9. The average molecular weight is 503 g/mol. The van der Waals surface area contributed by atoms with Crippen LogP contribution in [0.2, 0.25) is 0 Å². The van der Waals surface area contributed by atoms with E-state index >= 15 is 0 Å². The summed E-state index contributed by atoms with van der Waals surface area (Å²) in [5.41, 5.74) is 3.03. The Bertz CT molecular complexity index is 927. The monoisotopic (exact) mass is 502 g/mol. The fraction of sp³-hybridized carbons (Fsp3) is 0.708. The molecule has 0 bridgehead atoms. The minimum absolute atomic E-state index is 0.0934. The van der Waals surface area contributed by atoms with E-state index in [0.717, 1.165) is 51.1 Å². The molecular formula is C24H38N8O4. The highest BCUT2D eigenvalue weighted by Crippen LogP contribution is 2.32. The van der Waals surface area contributed by atoms with E-state index in [2.05, 4.69) is 44.5 Å². The fourth-order valence-electron chi connectivity index (χ4n) is 5.67. The Morgan fingerprint density at radius 2 is 2.06 bits per heavy atom. The Morgan fingerprint density at radius 1 is 1.28 bits per heavy atom. The van der Waals surface area contributed by atoms with Gasteiger partial charge in [-0.05, 0) is 32.7 Å². The smallest absolute Gasteiger partial charge is 0.250 e. The number of carbonyl (C=O) groups is 3. The first-order valence-corrected chi connectivity index (χ1v) is 12.9. The lowest BCUT2D eigenvalue weighted by atomic mass is 9.92. The highest BCUT2D eigenvalue weighted by molar-refractivity contribution is 5.97. The molecule has 0 spiro atoms. The van der Waals surface area contributed by atoms with E-state index in [0.29, 0.717) is 42.6 Å². The maximum Gasteiger partial charge on any atom is 0.250 e. The summed E-state index contributed by atoms with van der Waals surface area (Å²) in [7, 11) is 2.09. The SMILES string of the molecule is C[C@@H]1CN(C)CCN1c1cc(NC(=O)[C@@H]2CCNN2C(=O)C(CC2CCCC2)CN(O)C=O)ncn1. The van der Waals surface area contributed by atoms with Gasteiger partial charge in [0.25, 0.3) is 0 Å². The van der Waals surface area contributed by atoms with Gasteiger partial charge < -0.3 is 15.1 Å². The maximum absolute atomic E-state index is 13.5. The largest absolute Gasteiger partial charge is 0.351 e. The van der Waals surface area contributed by atoms with E-state index in [-0.39, 0.29) is 24.4 Å². The Labute approximate surface area is 211 Å². The predicted molar refractivity (Wildman–Crippen MR) is 133 cm³/mol. The molecule has 0 radical (unpaired) electrons. The van der Waals surface area contributed by atoms with Crippen LogP contribution >= 0.6 is 0 Å². The van der Waals surface area contributed by atoms with Crippen LogP contribution in [0.25, 0.3) is 0 Å². The van der Waals surface area contributed by atoms with Gasteiger partial charge in [-0.2, -0.15) is 0 Å². The Balaban J connectivity index is 1.42. The molecule has 2 saturated heterocycles. The third-order valence-corrected chi connectivity index (χ3v) is 7.55. The van der Waals surface area contributed by atoms with Gasteiger partial charge in [-0.15, -0.1) is 0 Å². The minimum atomic E-state index is -0.715. The van der Waals surface area contributed by atoms with Crippen LogP contribution in [0, 0.1) is 11.8 Å². The summed E-state index contributed by atoms with van der Waals surface area (Å²) in [6.45, 7) is 5.21. The second kappa shape index (κ2) is 11.9. The zero-order valence-electron chi connectivity index (χ0n) is 21.2. The van der Waals surface area contributed by atoms with E-state index in [4.69, 9.17) is 0 Å². The number of carbonyl (C=O) groups excluding carboxylic acids is 3. The number of rotatable bonds is 9. The third kappa shape index (κ3) is 6.29. The Kier molecular flexibility index (Phi) is 8.70. The Morgan fingerprint density at radius 3 is 2.78 bits per heavy atom. The molecule has 3 fully saturated rings. The fourth-order valence-corrected chi connectivity index (χ4v) is 5.67. The Hall–Kier alpha value is -2.83. The summed E-state index contributed by atoms with van der Waals surface area (Å²) in [6.07, 6.45) is 7.12. The normalized spacial score (nSPS) is 24.1. The molecule has 4 rings (SSSR count). The number of likely N-dealkylation sites (N-methyl/N-ethyl adjacent to an activating group) is 1. The quantitative estimate of drug-likeness (QED) is 0.253. The van der Waals surface area contributed by atoms with E-state index in [1.165, 1.54) is 11.3 Å². The molecular weight excluding hydrogens is 464 g/mol. The first-order chi connectivity index (χ1) is 17.4. The van der Waals surface area contributed by atoms with Gasteiger partial charge in [0, 0.05) is 38.3 Å². The van der Waals surface area contributed by atoms with Crippen molar-refractivity contribution < 1.29 is 19.6 Å². The zero-order chi connectivity index (χ0) is 25.7. The van der Waals surface area contributed by atoms with Crippen molar-refractivity contribution in [3.8, 4) is 0 Å². The lowest BCUT2D eigenvalue weighted by Crippen LogP contribution is -2.52.